The lowest BCUT2D eigenvalue weighted by atomic mass is 10.3. The van der Waals surface area contributed by atoms with Crippen LogP contribution in [0.5, 0.6) is 5.75 Å². The molecule has 0 aliphatic heterocycles. The molecule has 0 bridgehead atoms. The van der Waals surface area contributed by atoms with Gasteiger partial charge in [0, 0.05) is 4.50 Å². The van der Waals surface area contributed by atoms with E-state index in [0.717, 1.165) is 29.4 Å². The van der Waals surface area contributed by atoms with Crippen molar-refractivity contribution in [3.8, 4) is 5.75 Å². The molecule has 0 atom stereocenters. The average molecular weight is 318 g/mol. The molecule has 5 nitrogen and oxygen atoms in total. The van der Waals surface area contributed by atoms with Crippen molar-refractivity contribution in [2.75, 3.05) is 13.6 Å². The van der Waals surface area contributed by atoms with Crippen molar-refractivity contribution < 1.29 is 4.43 Å². The summed E-state index contributed by atoms with van der Waals surface area (Å²) in [6.07, 6.45) is 0. The third kappa shape index (κ3) is 3.10. The number of H-pyrrole nitrogens is 2. The van der Waals surface area contributed by atoms with E-state index in [0.29, 0.717) is 0 Å². The first-order valence-electron chi connectivity index (χ1n) is 6.71. The molecule has 0 aliphatic rings. The number of hydrogen-bond acceptors (Lipinski definition) is 4. The number of fused-ring (bicyclic) bond motifs is 1. The Morgan fingerprint density at radius 2 is 2.19 bits per heavy atom. The van der Waals surface area contributed by atoms with Crippen LogP contribution in [0.4, 0.5) is 0 Å². The van der Waals surface area contributed by atoms with E-state index in [-0.39, 0.29) is 5.69 Å². The van der Waals surface area contributed by atoms with Crippen molar-refractivity contribution in [1.29, 1.82) is 0 Å². The summed E-state index contributed by atoms with van der Waals surface area (Å²) < 4.78 is 7.55. The lowest BCUT2D eigenvalue weighted by Gasteiger charge is -2.15. The van der Waals surface area contributed by atoms with E-state index in [2.05, 4.69) is 26.7 Å². The highest BCUT2D eigenvalue weighted by atomic mass is 32.1. The molecule has 0 amide bonds. The second-order valence-electron chi connectivity index (χ2n) is 4.61. The zero-order chi connectivity index (χ0) is 14.7. The van der Waals surface area contributed by atoms with Crippen LogP contribution in [0.2, 0.25) is 6.04 Å². The van der Waals surface area contributed by atoms with Crippen molar-refractivity contribution in [1.82, 2.24) is 15.3 Å². The molecule has 3 aromatic rings. The first kappa shape index (κ1) is 14.1. The van der Waals surface area contributed by atoms with Gasteiger partial charge >= 0.3 is 14.7 Å². The first-order chi connectivity index (χ1) is 10.3. The molecular formula is C14H16N3O2SSi. The molecule has 3 N–H and O–H groups in total. The molecule has 1 aromatic carbocycles. The Balaban J connectivity index is 1.92. The average Bonchev–Trinajstić information content (AvgIpc) is 3.11. The van der Waals surface area contributed by atoms with Crippen molar-refractivity contribution in [2.24, 2.45) is 0 Å². The van der Waals surface area contributed by atoms with E-state index >= 15 is 0 Å². The Kier molecular flexibility index (Phi) is 4.23. The fraction of sp³-hybridized carbons (Fsp3) is 0.214. The van der Waals surface area contributed by atoms with Crippen LogP contribution < -0.4 is 19.9 Å². The maximum atomic E-state index is 11.5. The smallest absolute Gasteiger partial charge is 0.328 e. The Morgan fingerprint density at radius 3 is 2.95 bits per heavy atom. The highest BCUT2D eigenvalue weighted by molar-refractivity contribution is 7.21. The Hall–Kier alpha value is -1.83. The van der Waals surface area contributed by atoms with Crippen molar-refractivity contribution in [3.05, 3.63) is 46.2 Å². The van der Waals surface area contributed by atoms with E-state index in [1.54, 1.807) is 11.3 Å². The summed E-state index contributed by atoms with van der Waals surface area (Å²) in [6.45, 7) is 0.909. The Labute approximate surface area is 127 Å². The molecule has 7 heteroatoms. The first-order valence-corrected chi connectivity index (χ1v) is 9.20. The number of aromatic nitrogens is 2. The Morgan fingerprint density at radius 1 is 1.29 bits per heavy atom. The van der Waals surface area contributed by atoms with Gasteiger partial charge in [-0.15, -0.1) is 11.3 Å². The topological polar surface area (TPSA) is 69.9 Å². The summed E-state index contributed by atoms with van der Waals surface area (Å²) in [5.74, 6) is 0.740. The standard InChI is InChI=1S/C14H16N3O2SSi/c1-15-7-9-21(12-6-3-8-20-12)19-11-5-2-4-10-13(11)17-14(18)16-10/h2-6,8,15H,7,9H2,1H3,(H2,16,17,18). The van der Waals surface area contributed by atoms with E-state index in [1.807, 2.05) is 31.3 Å². The summed E-state index contributed by atoms with van der Waals surface area (Å²) in [4.78, 5) is 17.0. The number of aromatic amines is 2. The minimum absolute atomic E-state index is 0.207. The van der Waals surface area contributed by atoms with Crippen LogP contribution >= 0.6 is 11.3 Å². The predicted octanol–water partition coefficient (Wildman–Crippen LogP) is 1.41. The molecule has 0 saturated carbocycles. The molecule has 2 aromatic heterocycles. The number of nitrogens with one attached hydrogen (secondary N) is 3. The highest BCUT2D eigenvalue weighted by Crippen LogP contribution is 2.22. The molecule has 109 valence electrons. The van der Waals surface area contributed by atoms with E-state index in [4.69, 9.17) is 4.43 Å². The number of hydrogen-bond donors (Lipinski definition) is 3. The number of rotatable bonds is 6. The maximum Gasteiger partial charge on any atom is 0.328 e. The van der Waals surface area contributed by atoms with Gasteiger partial charge in [-0.25, -0.2) is 4.79 Å². The van der Waals surface area contributed by atoms with Gasteiger partial charge in [0.2, 0.25) is 0 Å². The summed E-state index contributed by atoms with van der Waals surface area (Å²) in [6, 6.07) is 10.8. The van der Waals surface area contributed by atoms with Crippen LogP contribution in [0.3, 0.4) is 0 Å². The summed E-state index contributed by atoms with van der Waals surface area (Å²) >= 11 is 1.72. The van der Waals surface area contributed by atoms with Gasteiger partial charge in [0.15, 0.2) is 0 Å². The fourth-order valence-electron chi connectivity index (χ4n) is 2.15. The van der Waals surface area contributed by atoms with Gasteiger partial charge in [0.05, 0.1) is 5.52 Å². The van der Waals surface area contributed by atoms with Gasteiger partial charge in [-0.05, 0) is 43.2 Å². The molecule has 3 rings (SSSR count). The van der Waals surface area contributed by atoms with Crippen LogP contribution in [-0.2, 0) is 0 Å². The van der Waals surface area contributed by atoms with Crippen LogP contribution in [0.1, 0.15) is 0 Å². The minimum Gasteiger partial charge on any atom is -0.535 e. The summed E-state index contributed by atoms with van der Waals surface area (Å²) in [5.41, 5.74) is 1.31. The molecule has 0 aliphatic carbocycles. The largest absolute Gasteiger partial charge is 0.535 e. The zero-order valence-electron chi connectivity index (χ0n) is 11.6. The lowest BCUT2D eigenvalue weighted by molar-refractivity contribution is 0.580. The van der Waals surface area contributed by atoms with Gasteiger partial charge < -0.3 is 19.7 Å². The van der Waals surface area contributed by atoms with Gasteiger partial charge in [-0.3, -0.25) is 0 Å². The minimum atomic E-state index is -1.16. The van der Waals surface area contributed by atoms with Crippen molar-refractivity contribution >= 4 is 35.9 Å². The number of thiophene rings is 1. The van der Waals surface area contributed by atoms with Gasteiger partial charge in [0.25, 0.3) is 0 Å². The van der Waals surface area contributed by atoms with Crippen LogP contribution in [0, 0.1) is 0 Å². The number of benzene rings is 1. The van der Waals surface area contributed by atoms with E-state index < -0.39 is 9.04 Å². The molecule has 2 heterocycles. The maximum absolute atomic E-state index is 11.5. The van der Waals surface area contributed by atoms with Crippen LogP contribution in [0.15, 0.2) is 40.5 Å². The van der Waals surface area contributed by atoms with Gasteiger partial charge in [-0.1, -0.05) is 12.1 Å². The summed E-state index contributed by atoms with van der Waals surface area (Å²) in [7, 11) is 0.787. The normalized spacial score (nSPS) is 11.3. The molecule has 0 saturated heterocycles. The molecule has 0 fully saturated rings. The van der Waals surface area contributed by atoms with Crippen molar-refractivity contribution in [3.63, 3.8) is 0 Å². The number of para-hydroxylation sites is 1. The Bertz CT molecular complexity index is 766. The van der Waals surface area contributed by atoms with Gasteiger partial charge in [0.1, 0.15) is 11.3 Å². The van der Waals surface area contributed by atoms with Gasteiger partial charge in [-0.2, -0.15) is 0 Å². The van der Waals surface area contributed by atoms with Crippen LogP contribution in [-0.4, -0.2) is 32.6 Å². The molecular weight excluding hydrogens is 302 g/mol. The predicted molar refractivity (Wildman–Crippen MR) is 88.0 cm³/mol. The second kappa shape index (κ2) is 6.29. The molecule has 0 unspecified atom stereocenters. The fourth-order valence-corrected chi connectivity index (χ4v) is 5.42. The third-order valence-corrected chi connectivity index (χ3v) is 6.75. The SMILES string of the molecule is CNCC[Si](Oc1cccc2[nH]c(=O)[nH]c12)c1cccs1. The second-order valence-corrected chi connectivity index (χ2v) is 8.01. The van der Waals surface area contributed by atoms with E-state index in [9.17, 15) is 4.79 Å². The highest BCUT2D eigenvalue weighted by Gasteiger charge is 2.20. The lowest BCUT2D eigenvalue weighted by Crippen LogP contribution is -2.36. The third-order valence-electron chi connectivity index (χ3n) is 3.14. The molecule has 1 radical (unpaired) electrons. The van der Waals surface area contributed by atoms with Crippen LogP contribution in [0.25, 0.3) is 11.0 Å². The number of imidazole rings is 1. The monoisotopic (exact) mass is 318 g/mol. The quantitative estimate of drug-likeness (QED) is 0.602. The molecule has 0 spiro atoms. The van der Waals surface area contributed by atoms with E-state index in [1.165, 1.54) is 4.50 Å². The van der Waals surface area contributed by atoms with Crippen molar-refractivity contribution in [2.45, 2.75) is 6.04 Å². The zero-order valence-corrected chi connectivity index (χ0v) is 13.4. The molecule has 21 heavy (non-hydrogen) atoms. The summed E-state index contributed by atoms with van der Waals surface area (Å²) in [5, 5.41) is 5.24.